The average molecular weight is 290 g/mol. The average Bonchev–Trinajstić information content (AvgIpc) is 2.86. The van der Waals surface area contributed by atoms with E-state index in [-0.39, 0.29) is 23.9 Å². The van der Waals surface area contributed by atoms with Crippen molar-refractivity contribution in [3.05, 3.63) is 35.4 Å². The molecule has 2 rings (SSSR count). The largest absolute Gasteiger partial charge is 0.478 e. The van der Waals surface area contributed by atoms with Gasteiger partial charge in [-0.3, -0.25) is 10.1 Å². The SMILES string of the molecule is CCOc1n[nH]c(NC(=O)Cc2ccccc2C(=O)O)n1. The number of carboxylic acids is 1. The zero-order valence-corrected chi connectivity index (χ0v) is 11.3. The van der Waals surface area contributed by atoms with E-state index in [4.69, 9.17) is 9.84 Å². The number of aromatic nitrogens is 3. The molecule has 1 amide bonds. The molecule has 0 radical (unpaired) electrons. The number of nitrogens with zero attached hydrogens (tertiary/aromatic N) is 2. The lowest BCUT2D eigenvalue weighted by atomic mass is 10.0. The van der Waals surface area contributed by atoms with E-state index in [1.165, 1.54) is 6.07 Å². The molecule has 1 aromatic heterocycles. The number of amides is 1. The number of aromatic carboxylic acids is 1. The molecule has 0 saturated heterocycles. The molecule has 8 nitrogen and oxygen atoms in total. The highest BCUT2D eigenvalue weighted by Gasteiger charge is 2.14. The first-order valence-electron chi connectivity index (χ1n) is 6.26. The first-order chi connectivity index (χ1) is 10.1. The lowest BCUT2D eigenvalue weighted by molar-refractivity contribution is -0.115. The fourth-order valence-corrected chi connectivity index (χ4v) is 1.73. The van der Waals surface area contributed by atoms with Gasteiger partial charge in [0.25, 0.3) is 0 Å². The predicted octanol–water partition coefficient (Wildman–Crippen LogP) is 1.08. The van der Waals surface area contributed by atoms with Crippen molar-refractivity contribution < 1.29 is 19.4 Å². The lowest BCUT2D eigenvalue weighted by Crippen LogP contribution is -2.17. The van der Waals surface area contributed by atoms with Gasteiger partial charge < -0.3 is 9.84 Å². The standard InChI is InChI=1S/C13H14N4O4/c1-2-21-13-15-12(16-17-13)14-10(18)7-8-5-3-4-6-9(8)11(19)20/h3-6H,2,7H2,1H3,(H,19,20)(H2,14,15,16,17,18). The number of ether oxygens (including phenoxy) is 1. The molecule has 8 heteroatoms. The van der Waals surface area contributed by atoms with E-state index in [0.29, 0.717) is 12.2 Å². The fraction of sp³-hybridized carbons (Fsp3) is 0.231. The number of anilines is 1. The van der Waals surface area contributed by atoms with Gasteiger partial charge in [0.05, 0.1) is 18.6 Å². The minimum Gasteiger partial charge on any atom is -0.478 e. The first-order valence-corrected chi connectivity index (χ1v) is 6.26. The summed E-state index contributed by atoms with van der Waals surface area (Å²) < 4.78 is 5.05. The monoisotopic (exact) mass is 290 g/mol. The Kier molecular flexibility index (Phi) is 4.50. The van der Waals surface area contributed by atoms with Gasteiger partial charge in [-0.05, 0) is 18.6 Å². The van der Waals surface area contributed by atoms with Crippen LogP contribution in [0.15, 0.2) is 24.3 Å². The third-order valence-electron chi connectivity index (χ3n) is 2.59. The van der Waals surface area contributed by atoms with Gasteiger partial charge in [0, 0.05) is 0 Å². The molecule has 0 fully saturated rings. The summed E-state index contributed by atoms with van der Waals surface area (Å²) in [6.07, 6.45) is -0.0762. The second-order valence-electron chi connectivity index (χ2n) is 4.09. The highest BCUT2D eigenvalue weighted by atomic mass is 16.5. The Hall–Kier alpha value is -2.90. The predicted molar refractivity (Wildman–Crippen MR) is 73.3 cm³/mol. The smallest absolute Gasteiger partial charge is 0.337 e. The summed E-state index contributed by atoms with van der Waals surface area (Å²) >= 11 is 0. The molecule has 1 aromatic carbocycles. The van der Waals surface area contributed by atoms with E-state index >= 15 is 0 Å². The minimum absolute atomic E-state index is 0.0762. The van der Waals surface area contributed by atoms with Gasteiger partial charge in [-0.25, -0.2) is 9.89 Å². The molecule has 0 unspecified atom stereocenters. The lowest BCUT2D eigenvalue weighted by Gasteiger charge is -2.05. The Morgan fingerprint density at radius 2 is 2.14 bits per heavy atom. The van der Waals surface area contributed by atoms with Gasteiger partial charge in [0.15, 0.2) is 0 Å². The molecule has 0 aliphatic carbocycles. The van der Waals surface area contributed by atoms with Gasteiger partial charge in [0.2, 0.25) is 11.9 Å². The summed E-state index contributed by atoms with van der Waals surface area (Å²) in [5, 5.41) is 17.8. The van der Waals surface area contributed by atoms with Gasteiger partial charge in [-0.2, -0.15) is 4.98 Å². The molecule has 0 saturated carbocycles. The Balaban J connectivity index is 2.03. The highest BCUT2D eigenvalue weighted by molar-refractivity contribution is 5.95. The van der Waals surface area contributed by atoms with Gasteiger partial charge in [0.1, 0.15) is 0 Å². The molecular weight excluding hydrogens is 276 g/mol. The van der Waals surface area contributed by atoms with Crippen LogP contribution in [0.1, 0.15) is 22.8 Å². The van der Waals surface area contributed by atoms with Crippen molar-refractivity contribution in [3.63, 3.8) is 0 Å². The van der Waals surface area contributed by atoms with Crippen LogP contribution in [0.5, 0.6) is 6.01 Å². The molecule has 21 heavy (non-hydrogen) atoms. The summed E-state index contributed by atoms with van der Waals surface area (Å²) in [6, 6.07) is 6.47. The molecule has 1 heterocycles. The normalized spacial score (nSPS) is 10.1. The van der Waals surface area contributed by atoms with Crippen molar-refractivity contribution in [1.82, 2.24) is 15.2 Å². The molecule has 0 spiro atoms. The number of nitrogens with one attached hydrogen (secondary N) is 2. The Labute approximate surface area is 120 Å². The van der Waals surface area contributed by atoms with Crippen LogP contribution in [0.2, 0.25) is 0 Å². The van der Waals surface area contributed by atoms with E-state index in [1.807, 2.05) is 0 Å². The molecule has 110 valence electrons. The first kappa shape index (κ1) is 14.5. The number of aromatic amines is 1. The Bertz CT molecular complexity index is 653. The number of rotatable bonds is 6. The zero-order valence-electron chi connectivity index (χ0n) is 11.3. The molecule has 0 aliphatic heterocycles. The van der Waals surface area contributed by atoms with Crippen LogP contribution in [-0.2, 0) is 11.2 Å². The van der Waals surface area contributed by atoms with E-state index in [1.54, 1.807) is 25.1 Å². The van der Waals surface area contributed by atoms with Crippen LogP contribution in [0.25, 0.3) is 0 Å². The fourth-order valence-electron chi connectivity index (χ4n) is 1.73. The van der Waals surface area contributed by atoms with Crippen molar-refractivity contribution >= 4 is 17.8 Å². The van der Waals surface area contributed by atoms with E-state index in [9.17, 15) is 9.59 Å². The Morgan fingerprint density at radius 1 is 1.38 bits per heavy atom. The number of carboxylic acid groups (broad SMARTS) is 1. The third-order valence-corrected chi connectivity index (χ3v) is 2.59. The van der Waals surface area contributed by atoms with Crippen molar-refractivity contribution in [2.75, 3.05) is 11.9 Å². The maximum absolute atomic E-state index is 11.9. The van der Waals surface area contributed by atoms with Gasteiger partial charge in [-0.1, -0.05) is 18.2 Å². The molecular formula is C13H14N4O4. The second kappa shape index (κ2) is 6.51. The topological polar surface area (TPSA) is 117 Å². The highest BCUT2D eigenvalue weighted by Crippen LogP contribution is 2.11. The number of H-pyrrole nitrogens is 1. The number of carbonyl (C=O) groups is 2. The van der Waals surface area contributed by atoms with Crippen molar-refractivity contribution in [1.29, 1.82) is 0 Å². The summed E-state index contributed by atoms with van der Waals surface area (Å²) in [4.78, 5) is 26.9. The quantitative estimate of drug-likeness (QED) is 0.733. The van der Waals surface area contributed by atoms with E-state index < -0.39 is 11.9 Å². The van der Waals surface area contributed by atoms with Crippen LogP contribution in [0.3, 0.4) is 0 Å². The number of hydrogen-bond donors (Lipinski definition) is 3. The maximum Gasteiger partial charge on any atom is 0.337 e. The van der Waals surface area contributed by atoms with E-state index in [2.05, 4.69) is 20.5 Å². The third kappa shape index (κ3) is 3.78. The van der Waals surface area contributed by atoms with Crippen molar-refractivity contribution in [3.8, 4) is 6.01 Å². The summed E-state index contributed by atoms with van der Waals surface area (Å²) in [6.45, 7) is 2.20. The van der Waals surface area contributed by atoms with Crippen LogP contribution < -0.4 is 10.1 Å². The summed E-state index contributed by atoms with van der Waals surface area (Å²) in [5.41, 5.74) is 0.521. The second-order valence-corrected chi connectivity index (χ2v) is 4.09. The number of hydrogen-bond acceptors (Lipinski definition) is 5. The molecule has 0 atom stereocenters. The van der Waals surface area contributed by atoms with Crippen LogP contribution in [-0.4, -0.2) is 38.8 Å². The minimum atomic E-state index is -1.07. The van der Waals surface area contributed by atoms with E-state index in [0.717, 1.165) is 0 Å². The van der Waals surface area contributed by atoms with Crippen LogP contribution in [0.4, 0.5) is 5.95 Å². The number of benzene rings is 1. The van der Waals surface area contributed by atoms with Crippen LogP contribution in [0, 0.1) is 0 Å². The van der Waals surface area contributed by atoms with Crippen molar-refractivity contribution in [2.45, 2.75) is 13.3 Å². The molecule has 2 aromatic rings. The maximum atomic E-state index is 11.9. The molecule has 0 bridgehead atoms. The summed E-state index contributed by atoms with van der Waals surface area (Å²) in [5.74, 6) is -1.32. The zero-order chi connectivity index (χ0) is 15.2. The van der Waals surface area contributed by atoms with Gasteiger partial charge >= 0.3 is 12.0 Å². The van der Waals surface area contributed by atoms with Crippen LogP contribution >= 0.6 is 0 Å². The molecule has 3 N–H and O–H groups in total. The summed E-state index contributed by atoms with van der Waals surface area (Å²) in [7, 11) is 0. The van der Waals surface area contributed by atoms with Gasteiger partial charge in [-0.15, -0.1) is 5.10 Å². The van der Waals surface area contributed by atoms with Crippen molar-refractivity contribution in [2.24, 2.45) is 0 Å². The number of carbonyl (C=O) groups excluding carboxylic acids is 1. The Morgan fingerprint density at radius 3 is 2.86 bits per heavy atom. The molecule has 0 aliphatic rings.